The fourth-order valence-corrected chi connectivity index (χ4v) is 2.80. The van der Waals surface area contributed by atoms with Gasteiger partial charge in [0.1, 0.15) is 10.8 Å². The van der Waals surface area contributed by atoms with E-state index >= 15 is 0 Å². The summed E-state index contributed by atoms with van der Waals surface area (Å²) in [6.45, 7) is 3.75. The Labute approximate surface area is 139 Å². The van der Waals surface area contributed by atoms with Crippen molar-refractivity contribution in [2.24, 2.45) is 0 Å². The molecule has 2 aromatic heterocycles. The lowest BCUT2D eigenvalue weighted by Crippen LogP contribution is -2.50. The molecule has 3 N–H and O–H groups in total. The molecule has 7 nitrogen and oxygen atoms in total. The van der Waals surface area contributed by atoms with Crippen molar-refractivity contribution in [3.05, 3.63) is 27.3 Å². The number of alkyl halides is 3. The summed E-state index contributed by atoms with van der Waals surface area (Å²) in [6, 6.07) is -0.00941. The van der Waals surface area contributed by atoms with E-state index in [-0.39, 0.29) is 28.3 Å². The second-order valence-electron chi connectivity index (χ2n) is 5.46. The lowest BCUT2D eigenvalue weighted by atomic mass is 10.2. The van der Waals surface area contributed by atoms with Crippen LogP contribution in [0.2, 0.25) is 5.02 Å². The molecule has 0 radical (unpaired) electrons. The minimum Gasteiger partial charge on any atom is -0.350 e. The number of nitrogens with one attached hydrogen (secondary N) is 3. The molecule has 2 aromatic rings. The molecule has 1 fully saturated rings. The second kappa shape index (κ2) is 6.10. The largest absolute Gasteiger partial charge is 0.433 e. The summed E-state index contributed by atoms with van der Waals surface area (Å²) in [6.07, 6.45) is -3.67. The van der Waals surface area contributed by atoms with Gasteiger partial charge in [-0.3, -0.25) is 9.89 Å². The SMILES string of the molecule is CC1CNCCN1c1nc(-c2cn[nH]c2C(F)(F)F)[nH]c(=O)c1Cl. The first kappa shape index (κ1) is 16.8. The molecule has 130 valence electrons. The zero-order valence-corrected chi connectivity index (χ0v) is 13.3. The molecule has 0 saturated carbocycles. The summed E-state index contributed by atoms with van der Waals surface area (Å²) in [7, 11) is 0. The summed E-state index contributed by atoms with van der Waals surface area (Å²) in [5.74, 6) is -0.0649. The van der Waals surface area contributed by atoms with E-state index in [2.05, 4.69) is 20.4 Å². The van der Waals surface area contributed by atoms with Crippen LogP contribution in [0.25, 0.3) is 11.4 Å². The second-order valence-corrected chi connectivity index (χ2v) is 5.83. The Morgan fingerprint density at radius 1 is 1.42 bits per heavy atom. The molecule has 24 heavy (non-hydrogen) atoms. The molecule has 1 aliphatic heterocycles. The van der Waals surface area contributed by atoms with E-state index in [1.807, 2.05) is 12.0 Å². The zero-order valence-electron chi connectivity index (χ0n) is 12.5. The van der Waals surface area contributed by atoms with E-state index in [9.17, 15) is 18.0 Å². The minimum atomic E-state index is -4.65. The van der Waals surface area contributed by atoms with Crippen molar-refractivity contribution in [1.29, 1.82) is 0 Å². The van der Waals surface area contributed by atoms with E-state index in [1.165, 1.54) is 0 Å². The lowest BCUT2D eigenvalue weighted by Gasteiger charge is -2.35. The maximum Gasteiger partial charge on any atom is 0.433 e. The van der Waals surface area contributed by atoms with E-state index in [4.69, 9.17) is 11.6 Å². The Morgan fingerprint density at radius 2 is 2.17 bits per heavy atom. The van der Waals surface area contributed by atoms with Crippen molar-refractivity contribution in [1.82, 2.24) is 25.5 Å². The van der Waals surface area contributed by atoms with E-state index in [0.717, 1.165) is 6.20 Å². The summed E-state index contributed by atoms with van der Waals surface area (Å²) in [5, 5.41) is 8.33. The smallest absolute Gasteiger partial charge is 0.350 e. The summed E-state index contributed by atoms with van der Waals surface area (Å²) in [4.78, 5) is 20.3. The Kier molecular flexibility index (Phi) is 4.26. The molecule has 3 rings (SSSR count). The fourth-order valence-electron chi connectivity index (χ4n) is 2.60. The molecule has 11 heteroatoms. The molecule has 0 amide bonds. The van der Waals surface area contributed by atoms with Crippen LogP contribution in [0.4, 0.5) is 19.0 Å². The third kappa shape index (κ3) is 2.98. The number of rotatable bonds is 2. The molecule has 0 bridgehead atoms. The van der Waals surface area contributed by atoms with Crippen LogP contribution in [0, 0.1) is 0 Å². The van der Waals surface area contributed by atoms with Crippen LogP contribution in [0.3, 0.4) is 0 Å². The molecule has 3 heterocycles. The Balaban J connectivity index is 2.12. The van der Waals surface area contributed by atoms with Crippen LogP contribution in [-0.2, 0) is 6.18 Å². The van der Waals surface area contributed by atoms with Crippen LogP contribution in [-0.4, -0.2) is 45.8 Å². The molecule has 1 aliphatic rings. The van der Waals surface area contributed by atoms with Crippen LogP contribution >= 0.6 is 11.6 Å². The van der Waals surface area contributed by atoms with Gasteiger partial charge >= 0.3 is 6.18 Å². The number of halogens is 4. The Morgan fingerprint density at radius 3 is 2.83 bits per heavy atom. The first-order chi connectivity index (χ1) is 11.3. The number of aromatic amines is 2. The summed E-state index contributed by atoms with van der Waals surface area (Å²) < 4.78 is 39.1. The van der Waals surface area contributed by atoms with Crippen LogP contribution < -0.4 is 15.8 Å². The number of hydrogen-bond acceptors (Lipinski definition) is 5. The molecule has 1 atom stereocenters. The first-order valence-corrected chi connectivity index (χ1v) is 7.55. The highest BCUT2D eigenvalue weighted by Gasteiger charge is 2.37. The lowest BCUT2D eigenvalue weighted by molar-refractivity contribution is -0.140. The minimum absolute atomic E-state index is 0.00941. The maximum atomic E-state index is 13.0. The van der Waals surface area contributed by atoms with Crippen molar-refractivity contribution in [2.75, 3.05) is 24.5 Å². The third-order valence-corrected chi connectivity index (χ3v) is 4.14. The van der Waals surface area contributed by atoms with Crippen molar-refractivity contribution in [3.63, 3.8) is 0 Å². The van der Waals surface area contributed by atoms with Crippen LogP contribution in [0.15, 0.2) is 11.0 Å². The molecule has 0 aromatic carbocycles. The number of H-pyrrole nitrogens is 2. The van der Waals surface area contributed by atoms with E-state index in [0.29, 0.717) is 19.6 Å². The van der Waals surface area contributed by atoms with Crippen molar-refractivity contribution < 1.29 is 13.2 Å². The van der Waals surface area contributed by atoms with E-state index in [1.54, 1.807) is 4.90 Å². The van der Waals surface area contributed by atoms with Gasteiger partial charge in [0.05, 0.1) is 11.8 Å². The summed E-state index contributed by atoms with van der Waals surface area (Å²) >= 11 is 6.04. The topological polar surface area (TPSA) is 89.7 Å². The van der Waals surface area contributed by atoms with Gasteiger partial charge < -0.3 is 15.2 Å². The van der Waals surface area contributed by atoms with Gasteiger partial charge in [-0.15, -0.1) is 0 Å². The number of piperazine rings is 1. The fraction of sp³-hybridized carbons (Fsp3) is 0.462. The predicted octanol–water partition coefficient (Wildman–Crippen LogP) is 1.63. The number of nitrogens with zero attached hydrogens (tertiary/aromatic N) is 3. The monoisotopic (exact) mass is 362 g/mol. The van der Waals surface area contributed by atoms with Gasteiger partial charge in [0.15, 0.2) is 11.5 Å². The van der Waals surface area contributed by atoms with Crippen molar-refractivity contribution >= 4 is 17.4 Å². The van der Waals surface area contributed by atoms with Crippen molar-refractivity contribution in [2.45, 2.75) is 19.1 Å². The molecule has 1 saturated heterocycles. The highest BCUT2D eigenvalue weighted by molar-refractivity contribution is 6.32. The number of aromatic nitrogens is 4. The predicted molar refractivity (Wildman–Crippen MR) is 82.1 cm³/mol. The normalized spacial score (nSPS) is 18.9. The Bertz CT molecular complexity index is 802. The third-order valence-electron chi connectivity index (χ3n) is 3.80. The van der Waals surface area contributed by atoms with Gasteiger partial charge in [-0.05, 0) is 6.92 Å². The average molecular weight is 363 g/mol. The van der Waals surface area contributed by atoms with Crippen LogP contribution in [0.5, 0.6) is 0 Å². The zero-order chi connectivity index (χ0) is 17.5. The van der Waals surface area contributed by atoms with Crippen molar-refractivity contribution in [3.8, 4) is 11.4 Å². The molecular weight excluding hydrogens is 349 g/mol. The molecule has 0 aliphatic carbocycles. The van der Waals surface area contributed by atoms with Gasteiger partial charge in [0.25, 0.3) is 5.56 Å². The molecule has 0 spiro atoms. The summed E-state index contributed by atoms with van der Waals surface area (Å²) in [5.41, 5.74) is -2.11. The van der Waals surface area contributed by atoms with Gasteiger partial charge in [-0.25, -0.2) is 4.98 Å². The number of hydrogen-bond donors (Lipinski definition) is 3. The highest BCUT2D eigenvalue weighted by atomic mass is 35.5. The van der Waals surface area contributed by atoms with E-state index < -0.39 is 17.4 Å². The Hall–Kier alpha value is -2.07. The standard InChI is InChI=1S/C13H14ClF3N6O/c1-6-4-18-2-3-23(6)11-8(14)12(24)21-10(20-11)7-5-19-22-9(7)13(15,16)17/h5-6,18H,2-4H2,1H3,(H,19,22)(H,20,21,24). The van der Waals surface area contributed by atoms with Gasteiger partial charge in [0, 0.05) is 25.7 Å². The van der Waals surface area contributed by atoms with Crippen LogP contribution in [0.1, 0.15) is 12.6 Å². The number of anilines is 1. The first-order valence-electron chi connectivity index (χ1n) is 7.17. The van der Waals surface area contributed by atoms with Gasteiger partial charge in [0.2, 0.25) is 0 Å². The van der Waals surface area contributed by atoms with Gasteiger partial charge in [-0.2, -0.15) is 18.3 Å². The quantitative estimate of drug-likeness (QED) is 0.755. The maximum absolute atomic E-state index is 13.0. The molecule has 1 unspecified atom stereocenters. The highest BCUT2D eigenvalue weighted by Crippen LogP contribution is 2.35. The molecular formula is C13H14ClF3N6O. The average Bonchev–Trinajstić information content (AvgIpc) is 3.00. The van der Waals surface area contributed by atoms with Gasteiger partial charge in [-0.1, -0.05) is 11.6 Å².